The van der Waals surface area contributed by atoms with E-state index in [4.69, 9.17) is 4.74 Å². The number of hydrogen-bond acceptors (Lipinski definition) is 5. The number of ether oxygens (including phenoxy) is 1. The van der Waals surface area contributed by atoms with Gasteiger partial charge in [0.1, 0.15) is 6.33 Å². The van der Waals surface area contributed by atoms with Gasteiger partial charge >= 0.3 is 0 Å². The smallest absolute Gasteiger partial charge is 0.277 e. The quantitative estimate of drug-likeness (QED) is 0.402. The fourth-order valence-electron chi connectivity index (χ4n) is 3.91. The van der Waals surface area contributed by atoms with Crippen LogP contribution in [0, 0.1) is 11.3 Å². The Balaban J connectivity index is 1.42. The summed E-state index contributed by atoms with van der Waals surface area (Å²) in [7, 11) is 0. The predicted molar refractivity (Wildman–Crippen MR) is 128 cm³/mol. The highest BCUT2D eigenvalue weighted by atomic mass is 16.5. The van der Waals surface area contributed by atoms with Gasteiger partial charge < -0.3 is 4.74 Å². The molecule has 0 saturated heterocycles. The summed E-state index contributed by atoms with van der Waals surface area (Å²) in [6.45, 7) is 0.630. The summed E-state index contributed by atoms with van der Waals surface area (Å²) in [5.41, 5.74) is 5.40. The number of benzene rings is 3. The maximum absolute atomic E-state index is 13.2. The van der Waals surface area contributed by atoms with E-state index in [1.807, 2.05) is 72.8 Å². The van der Waals surface area contributed by atoms with Gasteiger partial charge in [0.15, 0.2) is 0 Å². The molecule has 3 aromatic carbocycles. The SMILES string of the molecule is N#Cc1ccccc1-c1ccc(Cc2c(COCc3ccccc3)nc3nc[nH]n3c2=O)cc1. The van der Waals surface area contributed by atoms with Crippen LogP contribution in [0.2, 0.25) is 0 Å². The lowest BCUT2D eigenvalue weighted by atomic mass is 9.97. The molecule has 166 valence electrons. The summed E-state index contributed by atoms with van der Waals surface area (Å²) in [6, 6.07) is 27.5. The maximum Gasteiger partial charge on any atom is 0.277 e. The van der Waals surface area contributed by atoms with Crippen molar-refractivity contribution in [3.05, 3.63) is 123 Å². The van der Waals surface area contributed by atoms with Gasteiger partial charge in [-0.05, 0) is 28.3 Å². The number of nitrogens with one attached hydrogen (secondary N) is 1. The summed E-state index contributed by atoms with van der Waals surface area (Å²) in [4.78, 5) is 21.9. The zero-order valence-corrected chi connectivity index (χ0v) is 18.3. The van der Waals surface area contributed by atoms with Crippen molar-refractivity contribution >= 4 is 5.78 Å². The van der Waals surface area contributed by atoms with Crippen LogP contribution in [0.3, 0.4) is 0 Å². The van der Waals surface area contributed by atoms with E-state index in [1.54, 1.807) is 6.07 Å². The molecule has 5 rings (SSSR count). The van der Waals surface area contributed by atoms with Crippen molar-refractivity contribution in [2.24, 2.45) is 0 Å². The van der Waals surface area contributed by atoms with E-state index in [2.05, 4.69) is 21.1 Å². The van der Waals surface area contributed by atoms with Crippen LogP contribution >= 0.6 is 0 Å². The Labute approximate surface area is 195 Å². The molecule has 7 nitrogen and oxygen atoms in total. The molecule has 5 aromatic rings. The van der Waals surface area contributed by atoms with Crippen molar-refractivity contribution in [3.8, 4) is 17.2 Å². The highest BCUT2D eigenvalue weighted by Crippen LogP contribution is 2.24. The molecule has 0 aliphatic rings. The second kappa shape index (κ2) is 9.53. The van der Waals surface area contributed by atoms with Crippen LogP contribution < -0.4 is 5.56 Å². The number of nitriles is 1. The summed E-state index contributed by atoms with van der Waals surface area (Å²) in [5, 5.41) is 12.2. The van der Waals surface area contributed by atoms with Gasteiger partial charge in [0, 0.05) is 12.0 Å². The highest BCUT2D eigenvalue weighted by molar-refractivity contribution is 5.70. The van der Waals surface area contributed by atoms with E-state index in [9.17, 15) is 10.1 Å². The van der Waals surface area contributed by atoms with Crippen molar-refractivity contribution in [1.29, 1.82) is 5.26 Å². The van der Waals surface area contributed by atoms with Crippen LogP contribution in [0.15, 0.2) is 90.0 Å². The van der Waals surface area contributed by atoms with Gasteiger partial charge in [-0.3, -0.25) is 9.89 Å². The number of rotatable bonds is 7. The van der Waals surface area contributed by atoms with Gasteiger partial charge in [0.2, 0.25) is 0 Å². The third kappa shape index (κ3) is 4.35. The first-order valence-electron chi connectivity index (χ1n) is 10.9. The molecule has 0 bridgehead atoms. The molecule has 0 fully saturated rings. The molecule has 0 unspecified atom stereocenters. The van der Waals surface area contributed by atoms with E-state index >= 15 is 0 Å². The van der Waals surface area contributed by atoms with Crippen LogP contribution in [0.4, 0.5) is 0 Å². The molecule has 0 aliphatic carbocycles. The Bertz CT molecular complexity index is 1530. The molecule has 0 amide bonds. The molecule has 0 radical (unpaired) electrons. The third-order valence-electron chi connectivity index (χ3n) is 5.66. The van der Waals surface area contributed by atoms with E-state index in [0.717, 1.165) is 22.3 Å². The molecule has 7 heteroatoms. The standard InChI is InChI=1S/C27H21N5O2/c28-15-22-8-4-5-9-23(22)21-12-10-19(11-13-21)14-24-25(17-34-16-20-6-2-1-3-7-20)31-27-29-18-30-32(27)26(24)33/h1-13,18H,14,16-17H2,(H,29,30,31). The molecule has 0 spiro atoms. The van der Waals surface area contributed by atoms with Gasteiger partial charge in [-0.1, -0.05) is 72.8 Å². The number of hydrogen-bond donors (Lipinski definition) is 1. The number of aromatic nitrogens is 4. The predicted octanol–water partition coefficient (Wildman–Crippen LogP) is 4.26. The van der Waals surface area contributed by atoms with E-state index in [1.165, 1.54) is 10.8 Å². The number of nitrogens with zero attached hydrogens (tertiary/aromatic N) is 4. The Morgan fingerprint density at radius 1 is 0.912 bits per heavy atom. The van der Waals surface area contributed by atoms with Crippen LogP contribution in [0.1, 0.15) is 27.9 Å². The minimum absolute atomic E-state index is 0.195. The number of aromatic amines is 1. The summed E-state index contributed by atoms with van der Waals surface area (Å²) >= 11 is 0. The van der Waals surface area contributed by atoms with Gasteiger partial charge in [0.25, 0.3) is 11.3 Å². The summed E-state index contributed by atoms with van der Waals surface area (Å²) in [6.07, 6.45) is 1.85. The van der Waals surface area contributed by atoms with Crippen molar-refractivity contribution in [2.45, 2.75) is 19.6 Å². The molecule has 0 aliphatic heterocycles. The second-order valence-electron chi connectivity index (χ2n) is 7.87. The largest absolute Gasteiger partial charge is 0.370 e. The van der Waals surface area contributed by atoms with Crippen LogP contribution in [0.5, 0.6) is 0 Å². The fourth-order valence-corrected chi connectivity index (χ4v) is 3.91. The number of fused-ring (bicyclic) bond motifs is 1. The summed E-state index contributed by atoms with van der Waals surface area (Å²) < 4.78 is 7.23. The monoisotopic (exact) mass is 447 g/mol. The fraction of sp³-hybridized carbons (Fsp3) is 0.111. The first-order chi connectivity index (χ1) is 16.7. The first-order valence-corrected chi connectivity index (χ1v) is 10.9. The Morgan fingerprint density at radius 2 is 1.68 bits per heavy atom. The molecule has 2 heterocycles. The van der Waals surface area contributed by atoms with E-state index < -0.39 is 0 Å². The minimum atomic E-state index is -0.195. The van der Waals surface area contributed by atoms with Crippen molar-refractivity contribution in [2.75, 3.05) is 0 Å². The molecular formula is C27H21N5O2. The first kappa shape index (κ1) is 21.3. The number of H-pyrrole nitrogens is 1. The van der Waals surface area contributed by atoms with Gasteiger partial charge in [-0.25, -0.2) is 9.97 Å². The highest BCUT2D eigenvalue weighted by Gasteiger charge is 2.15. The average molecular weight is 447 g/mol. The van der Waals surface area contributed by atoms with Crippen molar-refractivity contribution in [3.63, 3.8) is 0 Å². The molecule has 0 saturated carbocycles. The van der Waals surface area contributed by atoms with Crippen LogP contribution in [0.25, 0.3) is 16.9 Å². The lowest BCUT2D eigenvalue weighted by Crippen LogP contribution is -2.23. The molecule has 2 aromatic heterocycles. The summed E-state index contributed by atoms with van der Waals surface area (Å²) in [5.74, 6) is 0.315. The molecular weight excluding hydrogens is 426 g/mol. The third-order valence-corrected chi connectivity index (χ3v) is 5.66. The van der Waals surface area contributed by atoms with Gasteiger partial charge in [-0.15, -0.1) is 0 Å². The maximum atomic E-state index is 13.2. The zero-order chi connectivity index (χ0) is 23.3. The van der Waals surface area contributed by atoms with Crippen molar-refractivity contribution < 1.29 is 4.74 Å². The van der Waals surface area contributed by atoms with E-state index in [0.29, 0.717) is 35.6 Å². The normalized spacial score (nSPS) is 10.9. The zero-order valence-electron chi connectivity index (χ0n) is 18.3. The Hall–Kier alpha value is -4.54. The van der Waals surface area contributed by atoms with Gasteiger partial charge in [0.05, 0.1) is 30.5 Å². The topological polar surface area (TPSA) is 96.1 Å². The Morgan fingerprint density at radius 3 is 2.47 bits per heavy atom. The van der Waals surface area contributed by atoms with Gasteiger partial charge in [-0.2, -0.15) is 9.78 Å². The second-order valence-corrected chi connectivity index (χ2v) is 7.87. The van der Waals surface area contributed by atoms with Crippen LogP contribution in [-0.2, 0) is 24.4 Å². The molecule has 34 heavy (non-hydrogen) atoms. The molecule has 0 atom stereocenters. The lowest BCUT2D eigenvalue weighted by Gasteiger charge is -2.11. The van der Waals surface area contributed by atoms with Crippen LogP contribution in [-0.4, -0.2) is 19.6 Å². The Kier molecular flexibility index (Phi) is 5.97. The van der Waals surface area contributed by atoms with Crippen molar-refractivity contribution in [1.82, 2.24) is 19.6 Å². The average Bonchev–Trinajstić information content (AvgIpc) is 3.36. The minimum Gasteiger partial charge on any atom is -0.370 e. The van der Waals surface area contributed by atoms with E-state index in [-0.39, 0.29) is 12.2 Å². The lowest BCUT2D eigenvalue weighted by molar-refractivity contribution is 0.104. The molecule has 1 N–H and O–H groups in total.